The van der Waals surface area contributed by atoms with Crippen molar-refractivity contribution in [1.29, 1.82) is 0 Å². The maximum Gasteiger partial charge on any atom is 0.146 e. The van der Waals surface area contributed by atoms with Gasteiger partial charge in [-0.15, -0.1) is 0 Å². The van der Waals surface area contributed by atoms with E-state index in [2.05, 4.69) is 4.90 Å². The quantitative estimate of drug-likeness (QED) is 0.874. The molecule has 0 unspecified atom stereocenters. The van der Waals surface area contributed by atoms with Crippen molar-refractivity contribution in [2.45, 2.75) is 26.2 Å². The molecule has 1 aliphatic rings. The highest BCUT2D eigenvalue weighted by Crippen LogP contribution is 2.27. The molecule has 1 aromatic rings. The van der Waals surface area contributed by atoms with Gasteiger partial charge < -0.3 is 10.6 Å². The Labute approximate surface area is 103 Å². The standard InChI is InChI=1S/C14H21FN2/c1-11-2-3-14(13(15)10-11)17-8-5-12(4-7-16)6-9-17/h2-3,10,12H,4-9,16H2,1H3. The maximum atomic E-state index is 13.8. The molecule has 3 heteroatoms. The van der Waals surface area contributed by atoms with Crippen LogP contribution in [-0.2, 0) is 0 Å². The van der Waals surface area contributed by atoms with Gasteiger partial charge in [0, 0.05) is 13.1 Å². The lowest BCUT2D eigenvalue weighted by Crippen LogP contribution is -2.34. The van der Waals surface area contributed by atoms with Gasteiger partial charge >= 0.3 is 0 Å². The number of aryl methyl sites for hydroxylation is 1. The van der Waals surface area contributed by atoms with Crippen LogP contribution in [0, 0.1) is 18.7 Å². The van der Waals surface area contributed by atoms with E-state index >= 15 is 0 Å². The van der Waals surface area contributed by atoms with E-state index in [0.717, 1.165) is 56.1 Å². The highest BCUT2D eigenvalue weighted by Gasteiger charge is 2.20. The van der Waals surface area contributed by atoms with Gasteiger partial charge in [-0.1, -0.05) is 6.07 Å². The van der Waals surface area contributed by atoms with Gasteiger partial charge in [0.1, 0.15) is 5.82 Å². The van der Waals surface area contributed by atoms with Crippen LogP contribution in [0.25, 0.3) is 0 Å². The van der Waals surface area contributed by atoms with Crippen molar-refractivity contribution in [3.05, 3.63) is 29.6 Å². The van der Waals surface area contributed by atoms with Crippen LogP contribution in [0.4, 0.5) is 10.1 Å². The number of benzene rings is 1. The Morgan fingerprint density at radius 1 is 1.35 bits per heavy atom. The van der Waals surface area contributed by atoms with E-state index < -0.39 is 0 Å². The van der Waals surface area contributed by atoms with E-state index in [1.165, 1.54) is 0 Å². The van der Waals surface area contributed by atoms with Crippen LogP contribution in [0.3, 0.4) is 0 Å². The zero-order chi connectivity index (χ0) is 12.3. The second-order valence-electron chi connectivity index (χ2n) is 4.96. The molecule has 1 saturated heterocycles. The number of nitrogens with two attached hydrogens (primary N) is 1. The van der Waals surface area contributed by atoms with Gasteiger partial charge in [0.25, 0.3) is 0 Å². The van der Waals surface area contributed by atoms with Gasteiger partial charge in [0.05, 0.1) is 5.69 Å². The summed E-state index contributed by atoms with van der Waals surface area (Å²) in [5.41, 5.74) is 7.30. The Kier molecular flexibility index (Phi) is 4.00. The third kappa shape index (κ3) is 2.97. The lowest BCUT2D eigenvalue weighted by molar-refractivity contribution is 0.384. The molecule has 2 N–H and O–H groups in total. The second kappa shape index (κ2) is 5.50. The lowest BCUT2D eigenvalue weighted by atomic mass is 9.93. The Morgan fingerprint density at radius 3 is 2.65 bits per heavy atom. The summed E-state index contributed by atoms with van der Waals surface area (Å²) in [6.45, 7) is 4.58. The molecule has 1 heterocycles. The summed E-state index contributed by atoms with van der Waals surface area (Å²) in [4.78, 5) is 2.15. The monoisotopic (exact) mass is 236 g/mol. The zero-order valence-corrected chi connectivity index (χ0v) is 10.5. The number of anilines is 1. The van der Waals surface area contributed by atoms with Crippen LogP contribution in [0.2, 0.25) is 0 Å². The van der Waals surface area contributed by atoms with Crippen molar-refractivity contribution < 1.29 is 4.39 Å². The first-order valence-corrected chi connectivity index (χ1v) is 6.42. The molecule has 17 heavy (non-hydrogen) atoms. The summed E-state index contributed by atoms with van der Waals surface area (Å²) in [5.74, 6) is 0.632. The first-order chi connectivity index (χ1) is 8.20. The van der Waals surface area contributed by atoms with E-state index in [1.54, 1.807) is 6.07 Å². The van der Waals surface area contributed by atoms with E-state index in [0.29, 0.717) is 0 Å². The second-order valence-corrected chi connectivity index (χ2v) is 4.96. The molecular formula is C14H21FN2. The van der Waals surface area contributed by atoms with Crippen LogP contribution in [-0.4, -0.2) is 19.6 Å². The third-order valence-corrected chi connectivity index (χ3v) is 3.63. The predicted molar refractivity (Wildman–Crippen MR) is 69.7 cm³/mol. The number of hydrogen-bond donors (Lipinski definition) is 1. The average molecular weight is 236 g/mol. The minimum atomic E-state index is -0.0951. The van der Waals surface area contributed by atoms with Crippen molar-refractivity contribution in [3.63, 3.8) is 0 Å². The van der Waals surface area contributed by atoms with Crippen LogP contribution in [0.1, 0.15) is 24.8 Å². The molecular weight excluding hydrogens is 215 g/mol. The Balaban J connectivity index is 2.00. The fourth-order valence-corrected chi connectivity index (χ4v) is 2.57. The predicted octanol–water partition coefficient (Wildman–Crippen LogP) is 2.70. The number of piperidine rings is 1. The number of halogens is 1. The smallest absolute Gasteiger partial charge is 0.146 e. The Hall–Kier alpha value is -1.09. The molecule has 1 aliphatic heterocycles. The lowest BCUT2D eigenvalue weighted by Gasteiger charge is -2.33. The molecule has 94 valence electrons. The van der Waals surface area contributed by atoms with Gasteiger partial charge in [-0.3, -0.25) is 0 Å². The Morgan fingerprint density at radius 2 is 2.06 bits per heavy atom. The van der Waals surface area contributed by atoms with Crippen LogP contribution >= 0.6 is 0 Å². The van der Waals surface area contributed by atoms with E-state index in [4.69, 9.17) is 5.73 Å². The van der Waals surface area contributed by atoms with Gasteiger partial charge in [0.2, 0.25) is 0 Å². The molecule has 0 spiro atoms. The summed E-state index contributed by atoms with van der Waals surface area (Å²) in [6, 6.07) is 5.49. The molecule has 0 radical (unpaired) electrons. The summed E-state index contributed by atoms with van der Waals surface area (Å²) >= 11 is 0. The topological polar surface area (TPSA) is 29.3 Å². The van der Waals surface area contributed by atoms with Crippen molar-refractivity contribution in [1.82, 2.24) is 0 Å². The summed E-state index contributed by atoms with van der Waals surface area (Å²) in [7, 11) is 0. The molecule has 0 bridgehead atoms. The zero-order valence-electron chi connectivity index (χ0n) is 10.5. The maximum absolute atomic E-state index is 13.8. The van der Waals surface area contributed by atoms with Crippen molar-refractivity contribution in [3.8, 4) is 0 Å². The molecule has 0 aliphatic carbocycles. The average Bonchev–Trinajstić information content (AvgIpc) is 2.31. The van der Waals surface area contributed by atoms with E-state index in [9.17, 15) is 4.39 Å². The minimum Gasteiger partial charge on any atom is -0.369 e. The molecule has 1 fully saturated rings. The summed E-state index contributed by atoms with van der Waals surface area (Å²) < 4.78 is 13.8. The number of rotatable bonds is 3. The third-order valence-electron chi connectivity index (χ3n) is 3.63. The van der Waals surface area contributed by atoms with E-state index in [-0.39, 0.29) is 5.82 Å². The number of hydrogen-bond acceptors (Lipinski definition) is 2. The van der Waals surface area contributed by atoms with Crippen LogP contribution in [0.5, 0.6) is 0 Å². The highest BCUT2D eigenvalue weighted by molar-refractivity contribution is 5.49. The highest BCUT2D eigenvalue weighted by atomic mass is 19.1. The van der Waals surface area contributed by atoms with E-state index in [1.807, 2.05) is 19.1 Å². The summed E-state index contributed by atoms with van der Waals surface area (Å²) in [5, 5.41) is 0. The van der Waals surface area contributed by atoms with Crippen molar-refractivity contribution in [2.24, 2.45) is 11.7 Å². The molecule has 0 amide bonds. The molecule has 1 aromatic carbocycles. The number of nitrogens with zero attached hydrogens (tertiary/aromatic N) is 1. The van der Waals surface area contributed by atoms with Gasteiger partial charge in [-0.25, -0.2) is 4.39 Å². The van der Waals surface area contributed by atoms with Crippen LogP contribution < -0.4 is 10.6 Å². The van der Waals surface area contributed by atoms with Crippen molar-refractivity contribution >= 4 is 5.69 Å². The van der Waals surface area contributed by atoms with Crippen molar-refractivity contribution in [2.75, 3.05) is 24.5 Å². The van der Waals surface area contributed by atoms with Gasteiger partial charge in [0.15, 0.2) is 0 Å². The first kappa shape index (κ1) is 12.4. The molecule has 2 nitrogen and oxygen atoms in total. The largest absolute Gasteiger partial charge is 0.369 e. The van der Waals surface area contributed by atoms with Gasteiger partial charge in [-0.2, -0.15) is 0 Å². The molecule has 0 aromatic heterocycles. The normalized spacial score (nSPS) is 17.5. The fraction of sp³-hybridized carbons (Fsp3) is 0.571. The SMILES string of the molecule is Cc1ccc(N2CCC(CCN)CC2)c(F)c1. The molecule has 0 saturated carbocycles. The first-order valence-electron chi connectivity index (χ1n) is 6.42. The summed E-state index contributed by atoms with van der Waals surface area (Å²) in [6.07, 6.45) is 3.36. The molecule has 0 atom stereocenters. The minimum absolute atomic E-state index is 0.0951. The van der Waals surface area contributed by atoms with Gasteiger partial charge in [-0.05, 0) is 56.3 Å². The fourth-order valence-electron chi connectivity index (χ4n) is 2.57. The van der Waals surface area contributed by atoms with Crippen LogP contribution in [0.15, 0.2) is 18.2 Å². The molecule has 2 rings (SSSR count). The Bertz CT molecular complexity index is 370.